The molecule has 27 heavy (non-hydrogen) atoms. The van der Waals surface area contributed by atoms with E-state index in [4.69, 9.17) is 15.2 Å². The van der Waals surface area contributed by atoms with Crippen molar-refractivity contribution in [1.82, 2.24) is 4.31 Å². The molecular formula is C19H25FN2O4S. The Hall–Kier alpha value is -2.00. The van der Waals surface area contributed by atoms with Crippen LogP contribution in [0.4, 0.5) is 4.39 Å². The van der Waals surface area contributed by atoms with Crippen molar-refractivity contribution in [2.75, 3.05) is 40.0 Å². The van der Waals surface area contributed by atoms with Gasteiger partial charge in [-0.2, -0.15) is 4.31 Å². The number of halogens is 1. The zero-order valence-electron chi connectivity index (χ0n) is 15.3. The summed E-state index contributed by atoms with van der Waals surface area (Å²) in [5.41, 5.74) is 6.62. The Morgan fingerprint density at radius 1 is 1.07 bits per heavy atom. The van der Waals surface area contributed by atoms with Crippen molar-refractivity contribution in [3.63, 3.8) is 0 Å². The lowest BCUT2D eigenvalue weighted by molar-refractivity contribution is 0.144. The van der Waals surface area contributed by atoms with Gasteiger partial charge in [-0.1, -0.05) is 30.3 Å². The SMILES string of the molecule is COCCOc1ccc(F)cc1S(=O)(=O)N(CCN)CCc1ccccc1. The van der Waals surface area contributed by atoms with Crippen LogP contribution in [-0.2, 0) is 21.2 Å². The number of benzene rings is 2. The van der Waals surface area contributed by atoms with Crippen LogP contribution < -0.4 is 10.5 Å². The second-order valence-corrected chi connectivity index (χ2v) is 7.77. The monoisotopic (exact) mass is 396 g/mol. The Morgan fingerprint density at radius 3 is 2.48 bits per heavy atom. The van der Waals surface area contributed by atoms with Gasteiger partial charge >= 0.3 is 0 Å². The smallest absolute Gasteiger partial charge is 0.246 e. The highest BCUT2D eigenvalue weighted by Crippen LogP contribution is 2.28. The van der Waals surface area contributed by atoms with Crippen LogP contribution in [0.3, 0.4) is 0 Å². The summed E-state index contributed by atoms with van der Waals surface area (Å²) >= 11 is 0. The first kappa shape index (κ1) is 21.3. The average Bonchev–Trinajstić information content (AvgIpc) is 2.67. The van der Waals surface area contributed by atoms with Crippen molar-refractivity contribution < 1.29 is 22.3 Å². The molecule has 0 amide bonds. The van der Waals surface area contributed by atoms with Gasteiger partial charge in [0, 0.05) is 26.7 Å². The normalized spacial score (nSPS) is 11.7. The van der Waals surface area contributed by atoms with Crippen LogP contribution in [0.1, 0.15) is 5.56 Å². The minimum Gasteiger partial charge on any atom is -0.490 e. The molecule has 0 radical (unpaired) electrons. The van der Waals surface area contributed by atoms with Crippen LogP contribution in [0.5, 0.6) is 5.75 Å². The fourth-order valence-corrected chi connectivity index (χ4v) is 4.17. The van der Waals surface area contributed by atoms with Gasteiger partial charge in [-0.15, -0.1) is 0 Å². The van der Waals surface area contributed by atoms with Crippen LogP contribution in [0.25, 0.3) is 0 Å². The number of nitrogens with zero attached hydrogens (tertiary/aromatic N) is 1. The number of hydrogen-bond acceptors (Lipinski definition) is 5. The van der Waals surface area contributed by atoms with Crippen LogP contribution in [-0.4, -0.2) is 52.7 Å². The number of nitrogens with two attached hydrogens (primary N) is 1. The van der Waals surface area contributed by atoms with E-state index in [1.54, 1.807) is 0 Å². The van der Waals surface area contributed by atoms with E-state index >= 15 is 0 Å². The van der Waals surface area contributed by atoms with Gasteiger partial charge in [-0.05, 0) is 30.2 Å². The largest absolute Gasteiger partial charge is 0.490 e. The van der Waals surface area contributed by atoms with Crippen molar-refractivity contribution in [3.8, 4) is 5.75 Å². The van der Waals surface area contributed by atoms with Gasteiger partial charge in [0.05, 0.1) is 6.61 Å². The average molecular weight is 396 g/mol. The van der Waals surface area contributed by atoms with Crippen molar-refractivity contribution in [2.45, 2.75) is 11.3 Å². The number of rotatable bonds is 11. The minimum absolute atomic E-state index is 0.0928. The van der Waals surface area contributed by atoms with Gasteiger partial charge in [0.2, 0.25) is 10.0 Å². The number of methoxy groups -OCH3 is 1. The number of hydrogen-bond donors (Lipinski definition) is 1. The van der Waals surface area contributed by atoms with Crippen molar-refractivity contribution in [2.24, 2.45) is 5.73 Å². The highest BCUT2D eigenvalue weighted by atomic mass is 32.2. The molecule has 0 aliphatic carbocycles. The van der Waals surface area contributed by atoms with E-state index in [0.29, 0.717) is 6.42 Å². The van der Waals surface area contributed by atoms with Gasteiger partial charge in [0.1, 0.15) is 23.1 Å². The van der Waals surface area contributed by atoms with Gasteiger partial charge < -0.3 is 15.2 Å². The molecule has 2 N–H and O–H groups in total. The highest BCUT2D eigenvalue weighted by molar-refractivity contribution is 7.89. The Balaban J connectivity index is 2.27. The summed E-state index contributed by atoms with van der Waals surface area (Å²) in [7, 11) is -2.46. The zero-order chi connectivity index (χ0) is 19.7. The molecule has 0 atom stereocenters. The predicted molar refractivity (Wildman–Crippen MR) is 102 cm³/mol. The first-order valence-corrected chi connectivity index (χ1v) is 10.1. The molecule has 0 aliphatic rings. The van der Waals surface area contributed by atoms with E-state index in [-0.39, 0.29) is 43.5 Å². The molecule has 2 aromatic carbocycles. The van der Waals surface area contributed by atoms with E-state index in [2.05, 4.69) is 0 Å². The summed E-state index contributed by atoms with van der Waals surface area (Å²) in [6.07, 6.45) is 0.523. The summed E-state index contributed by atoms with van der Waals surface area (Å²) in [6, 6.07) is 13.0. The van der Waals surface area contributed by atoms with Crippen molar-refractivity contribution >= 4 is 10.0 Å². The summed E-state index contributed by atoms with van der Waals surface area (Å²) in [5, 5.41) is 0. The maximum absolute atomic E-state index is 13.8. The standard InChI is InChI=1S/C19H25FN2O4S/c1-25-13-14-26-18-8-7-17(20)15-19(18)27(23,24)22(12-10-21)11-9-16-5-3-2-4-6-16/h2-8,15H,9-14,21H2,1H3. The summed E-state index contributed by atoms with van der Waals surface area (Å²) in [5.74, 6) is -0.557. The molecule has 0 spiro atoms. The second kappa shape index (κ2) is 10.4. The maximum atomic E-state index is 13.8. The van der Waals surface area contributed by atoms with E-state index in [1.165, 1.54) is 23.5 Å². The molecular weight excluding hydrogens is 371 g/mol. The molecule has 0 bridgehead atoms. The van der Waals surface area contributed by atoms with E-state index in [9.17, 15) is 12.8 Å². The fourth-order valence-electron chi connectivity index (χ4n) is 2.57. The predicted octanol–water partition coefficient (Wildman–Crippen LogP) is 2.04. The third kappa shape index (κ3) is 6.00. The Bertz CT molecular complexity index is 816. The van der Waals surface area contributed by atoms with E-state index in [0.717, 1.165) is 11.6 Å². The lowest BCUT2D eigenvalue weighted by atomic mass is 10.1. The van der Waals surface area contributed by atoms with E-state index in [1.807, 2.05) is 30.3 Å². The van der Waals surface area contributed by atoms with Crippen molar-refractivity contribution in [3.05, 3.63) is 59.9 Å². The molecule has 0 heterocycles. The zero-order valence-corrected chi connectivity index (χ0v) is 16.1. The summed E-state index contributed by atoms with van der Waals surface area (Å²) in [4.78, 5) is -0.208. The fraction of sp³-hybridized carbons (Fsp3) is 0.368. The number of sulfonamides is 1. The van der Waals surface area contributed by atoms with Gasteiger partial charge in [-0.3, -0.25) is 0 Å². The highest BCUT2D eigenvalue weighted by Gasteiger charge is 2.28. The topological polar surface area (TPSA) is 81.9 Å². The lowest BCUT2D eigenvalue weighted by Crippen LogP contribution is -2.37. The van der Waals surface area contributed by atoms with Gasteiger partial charge in [0.15, 0.2) is 0 Å². The molecule has 0 unspecified atom stereocenters. The molecule has 8 heteroatoms. The second-order valence-electron chi connectivity index (χ2n) is 5.86. The molecule has 6 nitrogen and oxygen atoms in total. The first-order chi connectivity index (χ1) is 13.0. The summed E-state index contributed by atoms with van der Waals surface area (Å²) < 4.78 is 51.7. The van der Waals surface area contributed by atoms with Crippen LogP contribution in [0.2, 0.25) is 0 Å². The van der Waals surface area contributed by atoms with Crippen LogP contribution in [0.15, 0.2) is 53.4 Å². The minimum atomic E-state index is -3.98. The molecule has 0 aliphatic heterocycles. The molecule has 2 aromatic rings. The van der Waals surface area contributed by atoms with Gasteiger partial charge in [0.25, 0.3) is 0 Å². The Labute approximate surface area is 159 Å². The first-order valence-electron chi connectivity index (χ1n) is 8.64. The van der Waals surface area contributed by atoms with Gasteiger partial charge in [-0.25, -0.2) is 12.8 Å². The lowest BCUT2D eigenvalue weighted by Gasteiger charge is -2.23. The molecule has 0 fully saturated rings. The van der Waals surface area contributed by atoms with E-state index < -0.39 is 15.8 Å². The molecule has 0 saturated heterocycles. The third-order valence-electron chi connectivity index (χ3n) is 3.94. The Morgan fingerprint density at radius 2 is 1.81 bits per heavy atom. The molecule has 0 aromatic heterocycles. The number of ether oxygens (including phenoxy) is 2. The third-order valence-corrected chi connectivity index (χ3v) is 5.86. The van der Waals surface area contributed by atoms with Crippen LogP contribution in [0, 0.1) is 5.82 Å². The maximum Gasteiger partial charge on any atom is 0.246 e. The molecule has 0 saturated carbocycles. The summed E-state index contributed by atoms with van der Waals surface area (Å²) in [6.45, 7) is 0.965. The van der Waals surface area contributed by atoms with Crippen LogP contribution >= 0.6 is 0 Å². The molecule has 2 rings (SSSR count). The molecule has 148 valence electrons. The van der Waals surface area contributed by atoms with Crippen molar-refractivity contribution in [1.29, 1.82) is 0 Å². The quantitative estimate of drug-likeness (QED) is 0.588. The Kier molecular flexibility index (Phi) is 8.18.